The lowest BCUT2D eigenvalue weighted by molar-refractivity contribution is 0.414. The average molecular weight is 240 g/mol. The minimum atomic E-state index is -1.88. The zero-order valence-electron chi connectivity index (χ0n) is 10.4. The van der Waals surface area contributed by atoms with Gasteiger partial charge >= 0.3 is 0 Å². The molecule has 0 saturated carbocycles. The van der Waals surface area contributed by atoms with Gasteiger partial charge in [0.1, 0.15) is 0 Å². The summed E-state index contributed by atoms with van der Waals surface area (Å²) in [6, 6.07) is 5.66. The predicted molar refractivity (Wildman–Crippen MR) is 67.9 cm³/mol. The maximum Gasteiger partial charge on any atom is 0.186 e. The van der Waals surface area contributed by atoms with Crippen molar-refractivity contribution in [1.29, 1.82) is 0 Å². The minimum absolute atomic E-state index is 0.518. The summed E-state index contributed by atoms with van der Waals surface area (Å²) in [5.41, 5.74) is 2.14. The molecule has 16 heavy (non-hydrogen) atoms. The molecule has 0 aliphatic rings. The molecule has 1 aromatic carbocycles. The second-order valence-electron chi connectivity index (χ2n) is 4.79. The van der Waals surface area contributed by atoms with E-state index < -0.39 is 11.1 Å². The Bertz CT molecular complexity index is 386. The van der Waals surface area contributed by atoms with Crippen LogP contribution < -0.4 is 0 Å². The molecule has 1 N–H and O–H groups in total. The van der Waals surface area contributed by atoms with Gasteiger partial charge in [-0.05, 0) is 36.8 Å². The van der Waals surface area contributed by atoms with Crippen molar-refractivity contribution in [2.45, 2.75) is 39.0 Å². The maximum atomic E-state index is 11.2. The van der Waals surface area contributed by atoms with Crippen LogP contribution in [0.2, 0.25) is 0 Å². The normalized spacial score (nSPS) is 15.1. The first-order valence-corrected chi connectivity index (χ1v) is 6.73. The molecule has 1 aromatic rings. The van der Waals surface area contributed by atoms with Gasteiger partial charge in [-0.2, -0.15) is 0 Å². The van der Waals surface area contributed by atoms with Crippen LogP contribution in [-0.4, -0.2) is 8.76 Å². The Balaban J connectivity index is 3.01. The molecule has 0 amide bonds. The van der Waals surface area contributed by atoms with Crippen LogP contribution in [0.15, 0.2) is 23.1 Å². The van der Waals surface area contributed by atoms with E-state index in [1.54, 1.807) is 6.07 Å². The van der Waals surface area contributed by atoms with Crippen molar-refractivity contribution in [3.05, 3.63) is 29.3 Å². The molecule has 0 bridgehead atoms. The first-order chi connectivity index (χ1) is 7.41. The summed E-state index contributed by atoms with van der Waals surface area (Å²) in [5, 5.41) is 0. The standard InChI is InChI=1S/C13H20O2S/c1-9(2)11(4)8-12-7-10(3)5-6-13(12)16(14)15/h5-7,9,11H,8H2,1-4H3,(H,14,15). The predicted octanol–water partition coefficient (Wildman–Crippen LogP) is 3.41. The Morgan fingerprint density at radius 2 is 1.94 bits per heavy atom. The molecule has 1 rings (SSSR count). The molecule has 0 aromatic heterocycles. The second kappa shape index (κ2) is 5.60. The number of benzene rings is 1. The molecule has 0 fully saturated rings. The SMILES string of the molecule is Cc1ccc(S(=O)O)c(CC(C)C(C)C)c1. The summed E-state index contributed by atoms with van der Waals surface area (Å²) >= 11 is -1.88. The van der Waals surface area contributed by atoms with E-state index in [-0.39, 0.29) is 0 Å². The van der Waals surface area contributed by atoms with Gasteiger partial charge in [0.2, 0.25) is 0 Å². The summed E-state index contributed by atoms with van der Waals surface area (Å²) in [7, 11) is 0. The van der Waals surface area contributed by atoms with E-state index in [0.717, 1.165) is 17.5 Å². The molecule has 2 unspecified atom stereocenters. The highest BCUT2D eigenvalue weighted by molar-refractivity contribution is 7.79. The van der Waals surface area contributed by atoms with Gasteiger partial charge in [0.15, 0.2) is 11.1 Å². The van der Waals surface area contributed by atoms with Crippen molar-refractivity contribution < 1.29 is 8.76 Å². The van der Waals surface area contributed by atoms with Gasteiger partial charge in [-0.25, -0.2) is 4.21 Å². The van der Waals surface area contributed by atoms with Crippen LogP contribution in [0.5, 0.6) is 0 Å². The van der Waals surface area contributed by atoms with Crippen molar-refractivity contribution in [3.8, 4) is 0 Å². The van der Waals surface area contributed by atoms with Crippen LogP contribution in [0.4, 0.5) is 0 Å². The fraction of sp³-hybridized carbons (Fsp3) is 0.538. The Morgan fingerprint density at radius 1 is 1.31 bits per heavy atom. The number of rotatable bonds is 4. The third-order valence-corrected chi connectivity index (χ3v) is 3.86. The second-order valence-corrected chi connectivity index (χ2v) is 5.72. The van der Waals surface area contributed by atoms with Crippen LogP contribution >= 0.6 is 0 Å². The average Bonchev–Trinajstić information content (AvgIpc) is 2.16. The van der Waals surface area contributed by atoms with E-state index >= 15 is 0 Å². The minimum Gasteiger partial charge on any atom is -0.302 e. The summed E-state index contributed by atoms with van der Waals surface area (Å²) in [6.45, 7) is 8.54. The lowest BCUT2D eigenvalue weighted by atomic mass is 9.90. The smallest absolute Gasteiger partial charge is 0.186 e. The highest BCUT2D eigenvalue weighted by atomic mass is 32.2. The molecule has 0 heterocycles. The van der Waals surface area contributed by atoms with E-state index in [0.29, 0.717) is 16.7 Å². The number of aryl methyl sites for hydroxylation is 1. The molecular formula is C13H20O2S. The molecular weight excluding hydrogens is 220 g/mol. The van der Waals surface area contributed by atoms with Crippen LogP contribution in [0.1, 0.15) is 31.9 Å². The zero-order chi connectivity index (χ0) is 12.3. The van der Waals surface area contributed by atoms with Crippen molar-refractivity contribution in [2.75, 3.05) is 0 Å². The molecule has 3 heteroatoms. The van der Waals surface area contributed by atoms with Crippen LogP contribution in [0.25, 0.3) is 0 Å². The quantitative estimate of drug-likeness (QED) is 0.819. The molecule has 0 radical (unpaired) electrons. The van der Waals surface area contributed by atoms with Crippen molar-refractivity contribution >= 4 is 11.1 Å². The number of hydrogen-bond acceptors (Lipinski definition) is 1. The molecule has 0 aliphatic heterocycles. The van der Waals surface area contributed by atoms with Gasteiger partial charge in [0, 0.05) is 0 Å². The summed E-state index contributed by atoms with van der Waals surface area (Å²) < 4.78 is 20.4. The highest BCUT2D eigenvalue weighted by Crippen LogP contribution is 2.22. The van der Waals surface area contributed by atoms with Crippen LogP contribution in [-0.2, 0) is 17.5 Å². The first-order valence-electron chi connectivity index (χ1n) is 5.62. The summed E-state index contributed by atoms with van der Waals surface area (Å²) in [4.78, 5) is 0.554. The van der Waals surface area contributed by atoms with Crippen LogP contribution in [0.3, 0.4) is 0 Å². The van der Waals surface area contributed by atoms with Gasteiger partial charge in [-0.15, -0.1) is 0 Å². The fourth-order valence-electron chi connectivity index (χ4n) is 1.62. The van der Waals surface area contributed by atoms with E-state index in [2.05, 4.69) is 20.8 Å². The third-order valence-electron chi connectivity index (χ3n) is 3.08. The summed E-state index contributed by atoms with van der Waals surface area (Å²) in [6.07, 6.45) is 0.862. The molecule has 90 valence electrons. The molecule has 2 atom stereocenters. The van der Waals surface area contributed by atoms with E-state index in [9.17, 15) is 8.76 Å². The molecule has 0 saturated heterocycles. The Kier molecular flexibility index (Phi) is 4.69. The van der Waals surface area contributed by atoms with Crippen LogP contribution in [0, 0.1) is 18.8 Å². The zero-order valence-corrected chi connectivity index (χ0v) is 11.2. The lowest BCUT2D eigenvalue weighted by Gasteiger charge is -2.17. The highest BCUT2D eigenvalue weighted by Gasteiger charge is 2.13. The van der Waals surface area contributed by atoms with Crippen molar-refractivity contribution in [1.82, 2.24) is 0 Å². The van der Waals surface area contributed by atoms with E-state index in [4.69, 9.17) is 0 Å². The van der Waals surface area contributed by atoms with Crippen molar-refractivity contribution in [3.63, 3.8) is 0 Å². The maximum absolute atomic E-state index is 11.2. The van der Waals surface area contributed by atoms with E-state index in [1.807, 2.05) is 19.1 Å². The van der Waals surface area contributed by atoms with Gasteiger partial charge in [-0.1, -0.05) is 38.5 Å². The van der Waals surface area contributed by atoms with Crippen molar-refractivity contribution in [2.24, 2.45) is 11.8 Å². The monoisotopic (exact) mass is 240 g/mol. The Morgan fingerprint density at radius 3 is 2.44 bits per heavy atom. The van der Waals surface area contributed by atoms with E-state index in [1.165, 1.54) is 0 Å². The Labute approximate surface area is 100 Å². The molecule has 0 aliphatic carbocycles. The van der Waals surface area contributed by atoms with Gasteiger partial charge < -0.3 is 4.55 Å². The summed E-state index contributed by atoms with van der Waals surface area (Å²) in [5.74, 6) is 1.10. The third kappa shape index (κ3) is 3.42. The fourth-order valence-corrected chi connectivity index (χ4v) is 2.17. The molecule has 2 nitrogen and oxygen atoms in total. The molecule has 0 spiro atoms. The topological polar surface area (TPSA) is 37.3 Å². The van der Waals surface area contributed by atoms with Gasteiger partial charge in [0.05, 0.1) is 4.90 Å². The first kappa shape index (κ1) is 13.4. The van der Waals surface area contributed by atoms with Gasteiger partial charge in [-0.3, -0.25) is 0 Å². The lowest BCUT2D eigenvalue weighted by Crippen LogP contribution is -2.09. The Hall–Kier alpha value is -0.670. The largest absolute Gasteiger partial charge is 0.302 e. The van der Waals surface area contributed by atoms with Gasteiger partial charge in [0.25, 0.3) is 0 Å². The number of hydrogen-bond donors (Lipinski definition) is 1.